The Morgan fingerprint density at radius 3 is 3.00 bits per heavy atom. The van der Waals surface area contributed by atoms with E-state index in [2.05, 4.69) is 31.3 Å². The van der Waals surface area contributed by atoms with Crippen LogP contribution in [0.4, 0.5) is 10.2 Å². The van der Waals surface area contributed by atoms with Gasteiger partial charge in [0.1, 0.15) is 16.3 Å². The molecule has 0 amide bonds. The Balaban J connectivity index is 1.94. The molecule has 0 saturated heterocycles. The molecule has 0 radical (unpaired) electrons. The molecule has 0 unspecified atom stereocenters. The van der Waals surface area contributed by atoms with Gasteiger partial charge in [-0.1, -0.05) is 6.07 Å². The summed E-state index contributed by atoms with van der Waals surface area (Å²) in [5.74, 6) is 0.622. The van der Waals surface area contributed by atoms with E-state index < -0.39 is 12.2 Å². The summed E-state index contributed by atoms with van der Waals surface area (Å²) >= 11 is 11.2. The summed E-state index contributed by atoms with van der Waals surface area (Å²) < 4.78 is 15.7. The Kier molecular flexibility index (Phi) is 5.39. The van der Waals surface area contributed by atoms with Crippen molar-refractivity contribution >= 4 is 50.2 Å². The van der Waals surface area contributed by atoms with Crippen LogP contribution in [-0.4, -0.2) is 26.8 Å². The highest BCUT2D eigenvalue weighted by Gasteiger charge is 2.19. The van der Waals surface area contributed by atoms with E-state index >= 15 is 0 Å². The summed E-state index contributed by atoms with van der Waals surface area (Å²) in [7, 11) is 0. The molecule has 0 aliphatic heterocycles. The van der Waals surface area contributed by atoms with Gasteiger partial charge in [0.05, 0.1) is 6.54 Å². The smallest absolute Gasteiger partial charge is 0.243 e. The molecule has 0 spiro atoms. The first-order valence-electron chi connectivity index (χ1n) is 7.35. The topological polar surface area (TPSA) is 68.2 Å². The molecule has 24 heavy (non-hydrogen) atoms. The zero-order valence-electron chi connectivity index (χ0n) is 12.8. The lowest BCUT2D eigenvalue weighted by molar-refractivity contribution is 0.304. The number of alkyl halides is 1. The van der Waals surface area contributed by atoms with Crippen molar-refractivity contribution in [2.45, 2.75) is 32.1 Å². The average Bonchev–Trinajstić information content (AvgIpc) is 3.15. The van der Waals surface area contributed by atoms with Gasteiger partial charge in [-0.05, 0) is 64.0 Å². The number of hydrogen-bond acceptors (Lipinski definition) is 5. The highest BCUT2D eigenvalue weighted by atomic mass is 79.9. The molecule has 0 aliphatic rings. The first kappa shape index (κ1) is 17.6. The van der Waals surface area contributed by atoms with E-state index in [0.29, 0.717) is 23.4 Å². The van der Waals surface area contributed by atoms with Crippen LogP contribution in [0.25, 0.3) is 5.52 Å². The fraction of sp³-hybridized carbons (Fsp3) is 0.333. The van der Waals surface area contributed by atoms with Crippen LogP contribution in [0.15, 0.2) is 28.2 Å². The predicted molar refractivity (Wildman–Crippen MR) is 99.6 cm³/mol. The second-order valence-corrected chi connectivity index (χ2v) is 7.59. The SMILES string of the molecule is C[C@H](F)[C@H](N)Cc1cc2c(NCc3cccs3)nc(Cl)nn2c1Br. The van der Waals surface area contributed by atoms with E-state index in [0.717, 1.165) is 11.1 Å². The van der Waals surface area contributed by atoms with Gasteiger partial charge in [0, 0.05) is 10.9 Å². The average molecular weight is 433 g/mol. The molecule has 128 valence electrons. The second kappa shape index (κ2) is 7.35. The summed E-state index contributed by atoms with van der Waals surface area (Å²) in [4.78, 5) is 5.45. The van der Waals surface area contributed by atoms with Crippen LogP contribution in [-0.2, 0) is 13.0 Å². The van der Waals surface area contributed by atoms with E-state index in [9.17, 15) is 4.39 Å². The number of nitrogens with one attached hydrogen (secondary N) is 1. The number of anilines is 1. The molecule has 2 atom stereocenters. The van der Waals surface area contributed by atoms with E-state index in [4.69, 9.17) is 17.3 Å². The standard InChI is InChI=1S/C15H16BrClFN5S/c1-8(18)11(19)5-9-6-12-14(20-7-10-3-2-4-24-10)21-15(17)22-23(12)13(9)16/h2-4,6,8,11H,5,7,19H2,1H3,(H,20,21,22)/t8-,11+/m0/s1. The van der Waals surface area contributed by atoms with E-state index in [1.807, 2.05) is 23.6 Å². The minimum Gasteiger partial charge on any atom is -0.363 e. The van der Waals surface area contributed by atoms with Crippen LogP contribution < -0.4 is 11.1 Å². The Hall–Kier alpha value is -1.22. The maximum absolute atomic E-state index is 13.4. The van der Waals surface area contributed by atoms with Crippen LogP contribution in [0.3, 0.4) is 0 Å². The molecule has 0 fully saturated rings. The zero-order chi connectivity index (χ0) is 17.3. The largest absolute Gasteiger partial charge is 0.363 e. The second-order valence-electron chi connectivity index (χ2n) is 5.47. The molecular weight excluding hydrogens is 417 g/mol. The van der Waals surface area contributed by atoms with Crippen molar-refractivity contribution < 1.29 is 4.39 Å². The molecule has 3 N–H and O–H groups in total. The fourth-order valence-electron chi connectivity index (χ4n) is 2.32. The maximum atomic E-state index is 13.4. The highest BCUT2D eigenvalue weighted by molar-refractivity contribution is 9.10. The molecule has 3 aromatic heterocycles. The molecule has 0 aliphatic carbocycles. The van der Waals surface area contributed by atoms with Crippen molar-refractivity contribution in [1.82, 2.24) is 14.6 Å². The van der Waals surface area contributed by atoms with Crippen LogP contribution in [0.2, 0.25) is 5.28 Å². The van der Waals surface area contributed by atoms with Gasteiger partial charge in [0.25, 0.3) is 0 Å². The molecule has 0 saturated carbocycles. The molecule has 9 heteroatoms. The third-order valence-corrected chi connectivity index (χ3v) is 5.56. The summed E-state index contributed by atoms with van der Waals surface area (Å²) in [6.07, 6.45) is -0.699. The van der Waals surface area contributed by atoms with Crippen molar-refractivity contribution in [2.24, 2.45) is 5.73 Å². The molecule has 0 aromatic carbocycles. The van der Waals surface area contributed by atoms with E-state index in [1.165, 1.54) is 11.8 Å². The Bertz CT molecular complexity index is 836. The van der Waals surface area contributed by atoms with Crippen molar-refractivity contribution in [1.29, 1.82) is 0 Å². The lowest BCUT2D eigenvalue weighted by Gasteiger charge is -2.11. The van der Waals surface area contributed by atoms with Gasteiger partial charge in [-0.2, -0.15) is 4.98 Å². The van der Waals surface area contributed by atoms with E-state index in [1.54, 1.807) is 15.9 Å². The van der Waals surface area contributed by atoms with Crippen molar-refractivity contribution in [3.63, 3.8) is 0 Å². The van der Waals surface area contributed by atoms with E-state index in [-0.39, 0.29) is 5.28 Å². The fourth-order valence-corrected chi connectivity index (χ4v) is 3.67. The normalized spacial score (nSPS) is 14.0. The Morgan fingerprint density at radius 1 is 1.54 bits per heavy atom. The number of halogens is 3. The van der Waals surface area contributed by atoms with Gasteiger partial charge < -0.3 is 11.1 Å². The minimum absolute atomic E-state index is 0.127. The molecule has 5 nitrogen and oxygen atoms in total. The number of fused-ring (bicyclic) bond motifs is 1. The van der Waals surface area contributed by atoms with Crippen LogP contribution in [0, 0.1) is 0 Å². The Labute approximate surface area is 156 Å². The molecule has 3 aromatic rings. The summed E-state index contributed by atoms with van der Waals surface area (Å²) in [5.41, 5.74) is 7.47. The predicted octanol–water partition coefficient (Wildman–Crippen LogP) is 4.05. The van der Waals surface area contributed by atoms with Gasteiger partial charge in [0.2, 0.25) is 5.28 Å². The molecule has 0 bridgehead atoms. The lowest BCUT2D eigenvalue weighted by atomic mass is 10.1. The summed E-state index contributed by atoms with van der Waals surface area (Å²) in [6, 6.07) is 5.36. The lowest BCUT2D eigenvalue weighted by Crippen LogP contribution is -2.31. The quantitative estimate of drug-likeness (QED) is 0.617. The van der Waals surface area contributed by atoms with Gasteiger partial charge in [0.15, 0.2) is 5.82 Å². The minimum atomic E-state index is -1.09. The number of nitrogens with zero attached hydrogens (tertiary/aromatic N) is 3. The van der Waals surface area contributed by atoms with Crippen molar-refractivity contribution in [3.05, 3.63) is 43.9 Å². The first-order chi connectivity index (χ1) is 11.5. The number of hydrogen-bond donors (Lipinski definition) is 2. The summed E-state index contributed by atoms with van der Waals surface area (Å²) in [5, 5.41) is 9.63. The number of rotatable bonds is 6. The number of thiophene rings is 1. The van der Waals surface area contributed by atoms with Gasteiger partial charge in [-0.3, -0.25) is 0 Å². The van der Waals surface area contributed by atoms with Gasteiger partial charge in [-0.15, -0.1) is 16.4 Å². The highest BCUT2D eigenvalue weighted by Crippen LogP contribution is 2.28. The van der Waals surface area contributed by atoms with Gasteiger partial charge >= 0.3 is 0 Å². The van der Waals surface area contributed by atoms with Crippen LogP contribution in [0.1, 0.15) is 17.4 Å². The Morgan fingerprint density at radius 2 is 2.33 bits per heavy atom. The first-order valence-corrected chi connectivity index (χ1v) is 9.40. The van der Waals surface area contributed by atoms with Crippen LogP contribution >= 0.6 is 38.9 Å². The van der Waals surface area contributed by atoms with Crippen LogP contribution in [0.5, 0.6) is 0 Å². The number of nitrogens with two attached hydrogens (primary N) is 1. The number of aromatic nitrogens is 3. The molecule has 3 heterocycles. The maximum Gasteiger partial charge on any atom is 0.243 e. The zero-order valence-corrected chi connectivity index (χ0v) is 16.0. The third-order valence-electron chi connectivity index (χ3n) is 3.68. The monoisotopic (exact) mass is 431 g/mol. The third kappa shape index (κ3) is 3.72. The summed E-state index contributed by atoms with van der Waals surface area (Å²) in [6.45, 7) is 2.10. The molecule has 3 rings (SSSR count). The van der Waals surface area contributed by atoms with Gasteiger partial charge in [-0.25, -0.2) is 8.91 Å². The van der Waals surface area contributed by atoms with Crippen molar-refractivity contribution in [3.8, 4) is 0 Å². The molecular formula is C15H16BrClFN5S. The van der Waals surface area contributed by atoms with Crippen molar-refractivity contribution in [2.75, 3.05) is 5.32 Å².